The summed E-state index contributed by atoms with van der Waals surface area (Å²) in [5, 5.41) is 13.0. The van der Waals surface area contributed by atoms with Crippen LogP contribution in [0.15, 0.2) is 24.3 Å². The van der Waals surface area contributed by atoms with Gasteiger partial charge in [0.05, 0.1) is 0 Å². The van der Waals surface area contributed by atoms with Crippen molar-refractivity contribution in [3.8, 4) is 0 Å². The SMILES string of the molecule is CCN(CC)CCNC(CC)(C(=O)O)c1ccc(C)cc1. The minimum absolute atomic E-state index is 0.518. The van der Waals surface area contributed by atoms with Gasteiger partial charge in [0.2, 0.25) is 0 Å². The summed E-state index contributed by atoms with van der Waals surface area (Å²) in [6.07, 6.45) is 0.518. The number of carboxylic acid groups (broad SMARTS) is 1. The van der Waals surface area contributed by atoms with Gasteiger partial charge < -0.3 is 10.0 Å². The average molecular weight is 292 g/mol. The van der Waals surface area contributed by atoms with Gasteiger partial charge >= 0.3 is 5.97 Å². The Morgan fingerprint density at radius 2 is 1.76 bits per heavy atom. The summed E-state index contributed by atoms with van der Waals surface area (Å²) in [6.45, 7) is 11.6. The van der Waals surface area contributed by atoms with Crippen LogP contribution >= 0.6 is 0 Å². The van der Waals surface area contributed by atoms with Crippen molar-refractivity contribution in [2.45, 2.75) is 39.7 Å². The molecule has 2 N–H and O–H groups in total. The molecule has 0 saturated carbocycles. The first-order valence-electron chi connectivity index (χ1n) is 7.78. The van der Waals surface area contributed by atoms with Crippen molar-refractivity contribution in [2.75, 3.05) is 26.2 Å². The lowest BCUT2D eigenvalue weighted by atomic mass is 9.86. The lowest BCUT2D eigenvalue weighted by Crippen LogP contribution is -2.51. The molecule has 21 heavy (non-hydrogen) atoms. The second-order valence-corrected chi connectivity index (χ2v) is 5.38. The normalized spacial score (nSPS) is 14.1. The number of carbonyl (C=O) groups is 1. The van der Waals surface area contributed by atoms with Crippen LogP contribution in [0.25, 0.3) is 0 Å². The zero-order valence-corrected chi connectivity index (χ0v) is 13.6. The molecule has 0 heterocycles. The van der Waals surface area contributed by atoms with Crippen molar-refractivity contribution in [3.05, 3.63) is 35.4 Å². The van der Waals surface area contributed by atoms with E-state index in [1.807, 2.05) is 38.1 Å². The zero-order valence-electron chi connectivity index (χ0n) is 13.6. The number of hydrogen-bond acceptors (Lipinski definition) is 3. The van der Waals surface area contributed by atoms with Gasteiger partial charge in [-0.25, -0.2) is 4.79 Å². The molecule has 0 aliphatic rings. The number of carboxylic acids is 1. The lowest BCUT2D eigenvalue weighted by Gasteiger charge is -2.31. The number of aliphatic carboxylic acids is 1. The number of nitrogens with one attached hydrogen (secondary N) is 1. The number of hydrogen-bond donors (Lipinski definition) is 2. The maximum Gasteiger partial charge on any atom is 0.328 e. The zero-order chi connectivity index (χ0) is 15.9. The summed E-state index contributed by atoms with van der Waals surface area (Å²) in [6, 6.07) is 7.76. The molecule has 0 amide bonds. The molecule has 1 rings (SSSR count). The largest absolute Gasteiger partial charge is 0.480 e. The van der Waals surface area contributed by atoms with Gasteiger partial charge in [0.1, 0.15) is 5.54 Å². The monoisotopic (exact) mass is 292 g/mol. The number of nitrogens with zero attached hydrogens (tertiary/aromatic N) is 1. The molecule has 4 nitrogen and oxygen atoms in total. The fraction of sp³-hybridized carbons (Fsp3) is 0.588. The smallest absolute Gasteiger partial charge is 0.328 e. The Morgan fingerprint density at radius 3 is 2.19 bits per heavy atom. The second-order valence-electron chi connectivity index (χ2n) is 5.38. The molecule has 1 aromatic carbocycles. The quantitative estimate of drug-likeness (QED) is 0.734. The van der Waals surface area contributed by atoms with Crippen LogP contribution in [0, 0.1) is 6.92 Å². The summed E-state index contributed by atoms with van der Waals surface area (Å²) < 4.78 is 0. The molecule has 4 heteroatoms. The van der Waals surface area contributed by atoms with Gasteiger partial charge in [-0.05, 0) is 32.0 Å². The fourth-order valence-electron chi connectivity index (χ4n) is 2.59. The molecule has 0 saturated heterocycles. The molecule has 1 aromatic rings. The van der Waals surface area contributed by atoms with Crippen molar-refractivity contribution in [1.82, 2.24) is 10.2 Å². The van der Waals surface area contributed by atoms with Crippen molar-refractivity contribution < 1.29 is 9.90 Å². The molecule has 0 aliphatic heterocycles. The molecule has 0 radical (unpaired) electrons. The topological polar surface area (TPSA) is 52.6 Å². The average Bonchev–Trinajstić information content (AvgIpc) is 2.49. The molecule has 0 bridgehead atoms. The minimum atomic E-state index is -0.999. The van der Waals surface area contributed by atoms with E-state index in [0.717, 1.165) is 30.8 Å². The Labute approximate surface area is 128 Å². The van der Waals surface area contributed by atoms with E-state index in [1.165, 1.54) is 0 Å². The van der Waals surface area contributed by atoms with E-state index < -0.39 is 11.5 Å². The van der Waals surface area contributed by atoms with Crippen LogP contribution in [0.5, 0.6) is 0 Å². The van der Waals surface area contributed by atoms with E-state index in [0.29, 0.717) is 13.0 Å². The van der Waals surface area contributed by atoms with E-state index in [2.05, 4.69) is 24.1 Å². The van der Waals surface area contributed by atoms with Gasteiger partial charge in [-0.1, -0.05) is 50.6 Å². The Balaban J connectivity index is 2.89. The first-order chi connectivity index (χ1) is 10.00. The number of likely N-dealkylation sites (N-methyl/N-ethyl adjacent to an activating group) is 1. The highest BCUT2D eigenvalue weighted by Crippen LogP contribution is 2.25. The van der Waals surface area contributed by atoms with Gasteiger partial charge in [0.25, 0.3) is 0 Å². The van der Waals surface area contributed by atoms with Crippen molar-refractivity contribution in [1.29, 1.82) is 0 Å². The van der Waals surface area contributed by atoms with Crippen LogP contribution in [0.3, 0.4) is 0 Å². The third kappa shape index (κ3) is 4.29. The molecule has 0 aromatic heterocycles. The lowest BCUT2D eigenvalue weighted by molar-refractivity contribution is -0.145. The Kier molecular flexibility index (Phi) is 6.85. The van der Waals surface area contributed by atoms with Crippen LogP contribution < -0.4 is 5.32 Å². The first-order valence-corrected chi connectivity index (χ1v) is 7.78. The Bertz CT molecular complexity index is 441. The highest BCUT2D eigenvalue weighted by Gasteiger charge is 2.37. The summed E-state index contributed by atoms with van der Waals surface area (Å²) in [4.78, 5) is 14.2. The third-order valence-electron chi connectivity index (χ3n) is 4.19. The standard InChI is InChI=1S/C17H28N2O2/c1-5-17(16(20)21,15-10-8-14(4)9-11-15)18-12-13-19(6-2)7-3/h8-11,18H,5-7,12-13H2,1-4H3,(H,20,21). The second kappa shape index (κ2) is 8.15. The highest BCUT2D eigenvalue weighted by atomic mass is 16.4. The molecule has 0 aliphatic carbocycles. The molecular formula is C17H28N2O2. The number of rotatable bonds is 9. The van der Waals surface area contributed by atoms with Crippen molar-refractivity contribution in [2.24, 2.45) is 0 Å². The summed E-state index contributed by atoms with van der Waals surface area (Å²) >= 11 is 0. The van der Waals surface area contributed by atoms with Crippen molar-refractivity contribution in [3.63, 3.8) is 0 Å². The predicted octanol–water partition coefficient (Wildman–Crippen LogP) is 2.62. The van der Waals surface area contributed by atoms with Gasteiger partial charge in [0.15, 0.2) is 0 Å². The summed E-state index contributed by atoms with van der Waals surface area (Å²) in [5.74, 6) is -0.812. The van der Waals surface area contributed by atoms with E-state index in [4.69, 9.17) is 0 Å². The van der Waals surface area contributed by atoms with Gasteiger partial charge in [-0.15, -0.1) is 0 Å². The fourth-order valence-corrected chi connectivity index (χ4v) is 2.59. The van der Waals surface area contributed by atoms with E-state index in [-0.39, 0.29) is 0 Å². The highest BCUT2D eigenvalue weighted by molar-refractivity contribution is 5.80. The Hall–Kier alpha value is -1.39. The van der Waals surface area contributed by atoms with Crippen LogP contribution in [0.1, 0.15) is 38.3 Å². The molecule has 0 spiro atoms. The van der Waals surface area contributed by atoms with Crippen LogP contribution in [-0.2, 0) is 10.3 Å². The predicted molar refractivity (Wildman–Crippen MR) is 86.6 cm³/mol. The van der Waals surface area contributed by atoms with Crippen LogP contribution in [-0.4, -0.2) is 42.2 Å². The minimum Gasteiger partial charge on any atom is -0.480 e. The molecule has 118 valence electrons. The third-order valence-corrected chi connectivity index (χ3v) is 4.19. The number of benzene rings is 1. The van der Waals surface area contributed by atoms with Gasteiger partial charge in [-0.3, -0.25) is 5.32 Å². The maximum absolute atomic E-state index is 11.9. The Morgan fingerprint density at radius 1 is 1.19 bits per heavy atom. The molecule has 1 unspecified atom stereocenters. The molecule has 0 fully saturated rings. The first kappa shape index (κ1) is 17.7. The summed E-state index contributed by atoms with van der Waals surface area (Å²) in [5.41, 5.74) is 0.959. The summed E-state index contributed by atoms with van der Waals surface area (Å²) in [7, 11) is 0. The van der Waals surface area contributed by atoms with E-state index >= 15 is 0 Å². The van der Waals surface area contributed by atoms with Crippen LogP contribution in [0.2, 0.25) is 0 Å². The van der Waals surface area contributed by atoms with Crippen LogP contribution in [0.4, 0.5) is 0 Å². The maximum atomic E-state index is 11.9. The van der Waals surface area contributed by atoms with Gasteiger partial charge in [0, 0.05) is 13.1 Å². The van der Waals surface area contributed by atoms with Crippen molar-refractivity contribution >= 4 is 5.97 Å². The number of aryl methyl sites for hydroxylation is 1. The molecule has 1 atom stereocenters. The molecular weight excluding hydrogens is 264 g/mol. The van der Waals surface area contributed by atoms with Gasteiger partial charge in [-0.2, -0.15) is 0 Å². The van der Waals surface area contributed by atoms with E-state index in [9.17, 15) is 9.90 Å². The van der Waals surface area contributed by atoms with E-state index in [1.54, 1.807) is 0 Å².